The van der Waals surface area contributed by atoms with Crippen LogP contribution in [0.15, 0.2) is 22.7 Å². The second-order valence-corrected chi connectivity index (χ2v) is 4.16. The number of hydrogen-bond donors (Lipinski definition) is 2. The zero-order chi connectivity index (χ0) is 10.7. The van der Waals surface area contributed by atoms with Crippen LogP contribution in [0, 0.1) is 5.82 Å². The van der Waals surface area contributed by atoms with E-state index in [1.165, 1.54) is 13.0 Å². The molecule has 0 heterocycles. The van der Waals surface area contributed by atoms with Crippen molar-refractivity contribution in [2.75, 3.05) is 0 Å². The molecule has 0 aliphatic heterocycles. The SMILES string of the molecule is CC(O)C(O)Cc1cc(Br)ccc1F. The minimum Gasteiger partial charge on any atom is -0.391 e. The molecule has 1 aromatic carbocycles. The third kappa shape index (κ3) is 3.04. The van der Waals surface area contributed by atoms with Gasteiger partial charge in [-0.15, -0.1) is 0 Å². The highest BCUT2D eigenvalue weighted by Gasteiger charge is 2.14. The maximum Gasteiger partial charge on any atom is 0.126 e. The van der Waals surface area contributed by atoms with Crippen molar-refractivity contribution in [3.05, 3.63) is 34.1 Å². The molecule has 2 N–H and O–H groups in total. The Bertz CT molecular complexity index is 315. The lowest BCUT2D eigenvalue weighted by molar-refractivity contribution is 0.0315. The van der Waals surface area contributed by atoms with E-state index in [-0.39, 0.29) is 12.2 Å². The molecule has 2 nitrogen and oxygen atoms in total. The highest BCUT2D eigenvalue weighted by Crippen LogP contribution is 2.17. The van der Waals surface area contributed by atoms with Crippen molar-refractivity contribution in [3.8, 4) is 0 Å². The van der Waals surface area contributed by atoms with Gasteiger partial charge >= 0.3 is 0 Å². The molecule has 2 unspecified atom stereocenters. The predicted octanol–water partition coefficient (Wildman–Crippen LogP) is 1.87. The first-order valence-corrected chi connectivity index (χ1v) is 5.10. The summed E-state index contributed by atoms with van der Waals surface area (Å²) >= 11 is 3.21. The fourth-order valence-corrected chi connectivity index (χ4v) is 1.50. The lowest BCUT2D eigenvalue weighted by atomic mass is 10.0. The van der Waals surface area contributed by atoms with E-state index < -0.39 is 12.2 Å². The minimum atomic E-state index is -0.932. The molecule has 0 aliphatic carbocycles. The highest BCUT2D eigenvalue weighted by molar-refractivity contribution is 9.10. The molecule has 0 aromatic heterocycles. The Morgan fingerprint density at radius 3 is 2.64 bits per heavy atom. The van der Waals surface area contributed by atoms with Gasteiger partial charge in [-0.1, -0.05) is 15.9 Å². The quantitative estimate of drug-likeness (QED) is 0.874. The molecule has 0 fully saturated rings. The number of rotatable bonds is 3. The van der Waals surface area contributed by atoms with Crippen molar-refractivity contribution in [1.29, 1.82) is 0 Å². The van der Waals surface area contributed by atoms with Gasteiger partial charge in [-0.2, -0.15) is 0 Å². The first-order valence-electron chi connectivity index (χ1n) is 4.30. The van der Waals surface area contributed by atoms with Crippen LogP contribution in [0.1, 0.15) is 12.5 Å². The Morgan fingerprint density at radius 1 is 1.43 bits per heavy atom. The zero-order valence-corrected chi connectivity index (χ0v) is 9.33. The lowest BCUT2D eigenvalue weighted by Crippen LogP contribution is -2.25. The summed E-state index contributed by atoms with van der Waals surface area (Å²) in [5.74, 6) is -0.368. The maximum atomic E-state index is 13.2. The van der Waals surface area contributed by atoms with Crippen LogP contribution in [-0.2, 0) is 6.42 Å². The molecule has 0 amide bonds. The van der Waals surface area contributed by atoms with Crippen LogP contribution >= 0.6 is 15.9 Å². The number of halogens is 2. The fraction of sp³-hybridized carbons (Fsp3) is 0.400. The Hall–Kier alpha value is -0.450. The molecule has 0 saturated heterocycles. The van der Waals surface area contributed by atoms with Gasteiger partial charge in [-0.25, -0.2) is 4.39 Å². The molecular formula is C10H12BrFO2. The molecule has 0 radical (unpaired) electrons. The van der Waals surface area contributed by atoms with E-state index in [4.69, 9.17) is 5.11 Å². The summed E-state index contributed by atoms with van der Waals surface area (Å²) in [6.45, 7) is 1.47. The Balaban J connectivity index is 2.80. The van der Waals surface area contributed by atoms with Crippen LogP contribution < -0.4 is 0 Å². The van der Waals surface area contributed by atoms with Crippen molar-refractivity contribution in [3.63, 3.8) is 0 Å². The van der Waals surface area contributed by atoms with Crippen molar-refractivity contribution in [1.82, 2.24) is 0 Å². The predicted molar refractivity (Wildman–Crippen MR) is 55.5 cm³/mol. The van der Waals surface area contributed by atoms with Gasteiger partial charge < -0.3 is 10.2 Å². The van der Waals surface area contributed by atoms with Gasteiger partial charge in [0, 0.05) is 10.9 Å². The molecule has 78 valence electrons. The van der Waals surface area contributed by atoms with Gasteiger partial charge in [0.2, 0.25) is 0 Å². The summed E-state index contributed by atoms with van der Waals surface area (Å²) < 4.78 is 13.9. The van der Waals surface area contributed by atoms with E-state index in [2.05, 4.69) is 15.9 Å². The van der Waals surface area contributed by atoms with Crippen LogP contribution in [0.3, 0.4) is 0 Å². The monoisotopic (exact) mass is 262 g/mol. The molecule has 0 bridgehead atoms. The van der Waals surface area contributed by atoms with E-state index >= 15 is 0 Å². The normalized spacial score (nSPS) is 15.2. The van der Waals surface area contributed by atoms with Gasteiger partial charge in [0.05, 0.1) is 12.2 Å². The van der Waals surface area contributed by atoms with E-state index in [0.717, 1.165) is 4.47 Å². The van der Waals surface area contributed by atoms with Crippen LogP contribution in [-0.4, -0.2) is 22.4 Å². The summed E-state index contributed by atoms with van der Waals surface area (Å²) in [7, 11) is 0. The van der Waals surface area contributed by atoms with Gasteiger partial charge in [-0.3, -0.25) is 0 Å². The smallest absolute Gasteiger partial charge is 0.126 e. The van der Waals surface area contributed by atoms with Crippen molar-refractivity contribution in [2.24, 2.45) is 0 Å². The van der Waals surface area contributed by atoms with Crippen molar-refractivity contribution in [2.45, 2.75) is 25.6 Å². The van der Waals surface area contributed by atoms with Crippen LogP contribution in [0.5, 0.6) is 0 Å². The van der Waals surface area contributed by atoms with E-state index in [9.17, 15) is 9.50 Å². The largest absolute Gasteiger partial charge is 0.391 e. The maximum absolute atomic E-state index is 13.2. The second-order valence-electron chi connectivity index (χ2n) is 3.25. The molecule has 0 saturated carbocycles. The lowest BCUT2D eigenvalue weighted by Gasteiger charge is -2.13. The topological polar surface area (TPSA) is 40.5 Å². The Labute approximate surface area is 90.5 Å². The van der Waals surface area contributed by atoms with E-state index in [1.54, 1.807) is 12.1 Å². The summed E-state index contributed by atoms with van der Waals surface area (Å²) in [5.41, 5.74) is 0.396. The molecule has 4 heteroatoms. The summed E-state index contributed by atoms with van der Waals surface area (Å²) in [6, 6.07) is 4.52. The van der Waals surface area contributed by atoms with Crippen LogP contribution in [0.25, 0.3) is 0 Å². The summed E-state index contributed by atoms with van der Waals surface area (Å²) in [6.07, 6.45) is -1.67. The Kier molecular flexibility index (Phi) is 4.04. The molecule has 1 aromatic rings. The van der Waals surface area contributed by atoms with E-state index in [1.807, 2.05) is 0 Å². The van der Waals surface area contributed by atoms with E-state index in [0.29, 0.717) is 5.56 Å². The third-order valence-corrected chi connectivity index (χ3v) is 2.49. The first-order chi connectivity index (χ1) is 6.50. The first kappa shape index (κ1) is 11.6. The number of benzene rings is 1. The van der Waals surface area contributed by atoms with Gasteiger partial charge in [0.1, 0.15) is 5.82 Å². The zero-order valence-electron chi connectivity index (χ0n) is 7.74. The minimum absolute atomic E-state index is 0.114. The van der Waals surface area contributed by atoms with Crippen molar-refractivity contribution >= 4 is 15.9 Å². The molecule has 0 spiro atoms. The highest BCUT2D eigenvalue weighted by atomic mass is 79.9. The summed E-state index contributed by atoms with van der Waals surface area (Å²) in [5, 5.41) is 18.4. The van der Waals surface area contributed by atoms with Crippen LogP contribution in [0.2, 0.25) is 0 Å². The molecule has 1 rings (SSSR count). The van der Waals surface area contributed by atoms with Gasteiger partial charge in [-0.05, 0) is 30.7 Å². The fourth-order valence-electron chi connectivity index (χ4n) is 1.10. The second kappa shape index (κ2) is 4.87. The van der Waals surface area contributed by atoms with Gasteiger partial charge in [0.15, 0.2) is 0 Å². The molecule has 0 aliphatic rings. The average Bonchev–Trinajstić information content (AvgIpc) is 2.11. The molecule has 2 atom stereocenters. The van der Waals surface area contributed by atoms with Gasteiger partial charge in [0.25, 0.3) is 0 Å². The standard InChI is InChI=1S/C10H12BrFO2/c1-6(13)10(14)5-7-4-8(11)2-3-9(7)12/h2-4,6,10,13-14H,5H2,1H3. The van der Waals surface area contributed by atoms with Crippen LogP contribution in [0.4, 0.5) is 4.39 Å². The van der Waals surface area contributed by atoms with Crippen molar-refractivity contribution < 1.29 is 14.6 Å². The number of hydrogen-bond acceptors (Lipinski definition) is 2. The molecule has 14 heavy (non-hydrogen) atoms. The third-order valence-electron chi connectivity index (χ3n) is 1.99. The summed E-state index contributed by atoms with van der Waals surface area (Å²) in [4.78, 5) is 0. The number of aliphatic hydroxyl groups is 2. The average molecular weight is 263 g/mol. The molecular weight excluding hydrogens is 251 g/mol. The Morgan fingerprint density at radius 2 is 2.07 bits per heavy atom. The number of aliphatic hydroxyl groups excluding tert-OH is 2.